The minimum atomic E-state index is -0.323. The molecule has 3 atom stereocenters. The Morgan fingerprint density at radius 3 is 2.53 bits per heavy atom. The van der Waals surface area contributed by atoms with Gasteiger partial charge in [0.05, 0.1) is 13.2 Å². The Kier molecular flexibility index (Phi) is 4.54. The number of aliphatic hydroxyl groups excluding tert-OH is 1. The highest BCUT2D eigenvalue weighted by atomic mass is 16.5. The Balaban J connectivity index is 2.54. The lowest BCUT2D eigenvalue weighted by atomic mass is 10.0. The lowest BCUT2D eigenvalue weighted by molar-refractivity contribution is -0.144. The average molecular weight is 215 g/mol. The van der Waals surface area contributed by atoms with E-state index in [1.807, 2.05) is 13.8 Å². The molecule has 2 N–H and O–H groups in total. The lowest BCUT2D eigenvalue weighted by Crippen LogP contribution is -2.49. The second-order valence-corrected chi connectivity index (χ2v) is 4.52. The van der Waals surface area contributed by atoms with Gasteiger partial charge in [0.2, 0.25) is 0 Å². The molecule has 0 heterocycles. The largest absolute Gasteiger partial charge is 0.468 e. The summed E-state index contributed by atoms with van der Waals surface area (Å²) in [5.74, 6) is -0.0747. The van der Waals surface area contributed by atoms with Gasteiger partial charge in [-0.05, 0) is 25.2 Å². The first-order chi connectivity index (χ1) is 7.06. The van der Waals surface area contributed by atoms with E-state index in [0.29, 0.717) is 0 Å². The number of esters is 1. The van der Waals surface area contributed by atoms with Gasteiger partial charge < -0.3 is 9.84 Å². The summed E-state index contributed by atoms with van der Waals surface area (Å²) < 4.78 is 4.74. The predicted molar refractivity (Wildman–Crippen MR) is 57.4 cm³/mol. The number of carbonyl (C=O) groups is 1. The van der Waals surface area contributed by atoms with Gasteiger partial charge in [0.25, 0.3) is 0 Å². The molecule has 1 rings (SSSR count). The van der Waals surface area contributed by atoms with Crippen LogP contribution < -0.4 is 5.32 Å². The summed E-state index contributed by atoms with van der Waals surface area (Å²) in [6, 6.07) is -0.274. The molecular weight excluding hydrogens is 194 g/mol. The number of carbonyl (C=O) groups excluding carboxylic acids is 1. The van der Waals surface area contributed by atoms with Crippen LogP contribution in [0.15, 0.2) is 0 Å². The van der Waals surface area contributed by atoms with Crippen molar-refractivity contribution in [2.24, 2.45) is 5.92 Å². The molecule has 0 spiro atoms. The summed E-state index contributed by atoms with van der Waals surface area (Å²) in [6.07, 6.45) is 2.45. The number of methoxy groups -OCH3 is 1. The zero-order chi connectivity index (χ0) is 11.4. The Hall–Kier alpha value is -0.610. The summed E-state index contributed by atoms with van der Waals surface area (Å²) >= 11 is 0. The molecule has 0 aromatic heterocycles. The molecule has 1 aliphatic carbocycles. The molecule has 0 aromatic rings. The highest BCUT2D eigenvalue weighted by molar-refractivity contribution is 5.76. The minimum Gasteiger partial charge on any atom is -0.468 e. The highest BCUT2D eigenvalue weighted by Crippen LogP contribution is 2.20. The summed E-state index contributed by atoms with van der Waals surface area (Å²) in [6.45, 7) is 3.94. The van der Waals surface area contributed by atoms with Gasteiger partial charge in [0.1, 0.15) is 6.04 Å². The monoisotopic (exact) mass is 215 g/mol. The number of nitrogens with one attached hydrogen (secondary N) is 1. The minimum absolute atomic E-state index is 0.0384. The van der Waals surface area contributed by atoms with Crippen molar-refractivity contribution in [1.29, 1.82) is 0 Å². The molecule has 0 amide bonds. The van der Waals surface area contributed by atoms with Gasteiger partial charge in [0, 0.05) is 6.04 Å². The van der Waals surface area contributed by atoms with E-state index in [4.69, 9.17) is 4.74 Å². The Labute approximate surface area is 91.0 Å². The first-order valence-electron chi connectivity index (χ1n) is 5.58. The number of hydrogen-bond donors (Lipinski definition) is 2. The van der Waals surface area contributed by atoms with Crippen LogP contribution in [0, 0.1) is 5.92 Å². The molecule has 3 unspecified atom stereocenters. The highest BCUT2D eigenvalue weighted by Gasteiger charge is 2.31. The van der Waals surface area contributed by atoms with E-state index >= 15 is 0 Å². The van der Waals surface area contributed by atoms with Gasteiger partial charge >= 0.3 is 5.97 Å². The number of rotatable bonds is 4. The molecular formula is C11H21NO3. The van der Waals surface area contributed by atoms with Crippen LogP contribution in [0.2, 0.25) is 0 Å². The molecule has 15 heavy (non-hydrogen) atoms. The zero-order valence-electron chi connectivity index (χ0n) is 9.69. The molecule has 0 aromatic carbocycles. The van der Waals surface area contributed by atoms with Crippen molar-refractivity contribution in [3.63, 3.8) is 0 Å². The van der Waals surface area contributed by atoms with Gasteiger partial charge in [-0.1, -0.05) is 13.8 Å². The number of ether oxygens (including phenoxy) is 1. The average Bonchev–Trinajstić information content (AvgIpc) is 2.59. The van der Waals surface area contributed by atoms with E-state index in [2.05, 4.69) is 5.32 Å². The molecule has 4 heteroatoms. The van der Waals surface area contributed by atoms with Crippen LogP contribution in [0.4, 0.5) is 0 Å². The summed E-state index contributed by atoms with van der Waals surface area (Å²) in [4.78, 5) is 11.5. The van der Waals surface area contributed by atoms with E-state index in [-0.39, 0.29) is 30.1 Å². The van der Waals surface area contributed by atoms with Crippen molar-refractivity contribution in [3.8, 4) is 0 Å². The van der Waals surface area contributed by atoms with Gasteiger partial charge in [-0.2, -0.15) is 0 Å². The molecule has 0 saturated heterocycles. The first-order valence-corrected chi connectivity index (χ1v) is 5.58. The van der Waals surface area contributed by atoms with E-state index in [1.54, 1.807) is 0 Å². The SMILES string of the molecule is COC(=O)C(NC1CCCC1O)C(C)C. The van der Waals surface area contributed by atoms with Gasteiger partial charge in [0.15, 0.2) is 0 Å². The molecule has 0 bridgehead atoms. The van der Waals surface area contributed by atoms with Crippen LogP contribution in [-0.4, -0.2) is 36.4 Å². The van der Waals surface area contributed by atoms with E-state index in [9.17, 15) is 9.90 Å². The van der Waals surface area contributed by atoms with Gasteiger partial charge in [-0.3, -0.25) is 10.1 Å². The third-order valence-electron chi connectivity index (χ3n) is 2.99. The Morgan fingerprint density at radius 1 is 1.47 bits per heavy atom. The molecule has 0 aliphatic heterocycles. The maximum atomic E-state index is 11.5. The van der Waals surface area contributed by atoms with Crippen LogP contribution in [-0.2, 0) is 9.53 Å². The number of hydrogen-bond acceptors (Lipinski definition) is 4. The van der Waals surface area contributed by atoms with Crippen LogP contribution >= 0.6 is 0 Å². The lowest BCUT2D eigenvalue weighted by Gasteiger charge is -2.25. The van der Waals surface area contributed by atoms with Crippen molar-refractivity contribution >= 4 is 5.97 Å². The van der Waals surface area contributed by atoms with Crippen molar-refractivity contribution in [2.45, 2.75) is 51.3 Å². The quantitative estimate of drug-likeness (QED) is 0.677. The van der Waals surface area contributed by atoms with Crippen molar-refractivity contribution in [2.75, 3.05) is 7.11 Å². The first kappa shape index (κ1) is 12.5. The second-order valence-electron chi connectivity index (χ2n) is 4.52. The maximum absolute atomic E-state index is 11.5. The molecule has 4 nitrogen and oxygen atoms in total. The van der Waals surface area contributed by atoms with E-state index in [1.165, 1.54) is 7.11 Å². The standard InChI is InChI=1S/C11H21NO3/c1-7(2)10(11(14)15-3)12-8-5-4-6-9(8)13/h7-10,12-13H,4-6H2,1-3H3. The fraction of sp³-hybridized carbons (Fsp3) is 0.909. The smallest absolute Gasteiger partial charge is 0.323 e. The third kappa shape index (κ3) is 3.18. The van der Waals surface area contributed by atoms with Crippen molar-refractivity contribution in [1.82, 2.24) is 5.32 Å². The second kappa shape index (κ2) is 5.47. The van der Waals surface area contributed by atoms with E-state index < -0.39 is 0 Å². The maximum Gasteiger partial charge on any atom is 0.323 e. The molecule has 1 saturated carbocycles. The Morgan fingerprint density at radius 2 is 2.13 bits per heavy atom. The fourth-order valence-corrected chi connectivity index (χ4v) is 2.03. The predicted octanol–water partition coefficient (Wildman–Crippen LogP) is 0.687. The Bertz CT molecular complexity index is 218. The zero-order valence-corrected chi connectivity index (χ0v) is 9.69. The molecule has 0 radical (unpaired) electrons. The van der Waals surface area contributed by atoms with Crippen LogP contribution in [0.5, 0.6) is 0 Å². The van der Waals surface area contributed by atoms with Gasteiger partial charge in [-0.15, -0.1) is 0 Å². The molecule has 1 aliphatic rings. The summed E-state index contributed by atoms with van der Waals surface area (Å²) in [5.41, 5.74) is 0. The van der Waals surface area contributed by atoms with Gasteiger partial charge in [-0.25, -0.2) is 0 Å². The summed E-state index contributed by atoms with van der Waals surface area (Å²) in [7, 11) is 1.39. The van der Waals surface area contributed by atoms with Crippen molar-refractivity contribution in [3.05, 3.63) is 0 Å². The van der Waals surface area contributed by atoms with Crippen molar-refractivity contribution < 1.29 is 14.6 Å². The number of aliphatic hydroxyl groups is 1. The van der Waals surface area contributed by atoms with Crippen LogP contribution in [0.3, 0.4) is 0 Å². The summed E-state index contributed by atoms with van der Waals surface area (Å²) in [5, 5.41) is 12.9. The molecule has 88 valence electrons. The molecule has 1 fully saturated rings. The van der Waals surface area contributed by atoms with Crippen LogP contribution in [0.1, 0.15) is 33.1 Å². The third-order valence-corrected chi connectivity index (χ3v) is 2.99. The van der Waals surface area contributed by atoms with E-state index in [0.717, 1.165) is 19.3 Å². The fourth-order valence-electron chi connectivity index (χ4n) is 2.03. The normalized spacial score (nSPS) is 28.1. The van der Waals surface area contributed by atoms with Crippen LogP contribution in [0.25, 0.3) is 0 Å². The topological polar surface area (TPSA) is 58.6 Å².